The molecule has 0 fully saturated rings. The molecule has 3 nitrogen and oxygen atoms in total. The van der Waals surface area contributed by atoms with Gasteiger partial charge in [-0.2, -0.15) is 5.10 Å². The van der Waals surface area contributed by atoms with Gasteiger partial charge < -0.3 is 0 Å². The molecule has 2 aromatic heterocycles. The average molecular weight is 201 g/mol. The molecule has 78 valence electrons. The first-order chi connectivity index (χ1) is 7.27. The highest BCUT2D eigenvalue weighted by atomic mass is 15.1. The van der Waals surface area contributed by atoms with E-state index in [2.05, 4.69) is 28.2 Å². The molecule has 2 rings (SSSR count). The maximum atomic E-state index is 4.31. The second kappa shape index (κ2) is 4.26. The molecular formula is C12H15N3. The Hall–Kier alpha value is -1.64. The smallest absolute Gasteiger partial charge is 0.0626 e. The number of nitrogens with one attached hydrogen (secondary N) is 1. The zero-order chi connectivity index (χ0) is 10.7. The van der Waals surface area contributed by atoms with Gasteiger partial charge in [-0.3, -0.25) is 10.1 Å². The Morgan fingerprint density at radius 1 is 1.20 bits per heavy atom. The molecule has 0 unspecified atom stereocenters. The normalized spacial score (nSPS) is 10.5. The Bertz CT molecular complexity index is 412. The van der Waals surface area contributed by atoms with E-state index < -0.39 is 0 Å². The van der Waals surface area contributed by atoms with Crippen LogP contribution in [0, 0.1) is 13.8 Å². The van der Waals surface area contributed by atoms with E-state index in [1.807, 2.05) is 25.3 Å². The van der Waals surface area contributed by atoms with Crippen molar-refractivity contribution in [2.45, 2.75) is 26.7 Å². The van der Waals surface area contributed by atoms with Gasteiger partial charge in [0.05, 0.1) is 5.69 Å². The Balaban J connectivity index is 2.05. The van der Waals surface area contributed by atoms with Crippen LogP contribution >= 0.6 is 0 Å². The van der Waals surface area contributed by atoms with Crippen LogP contribution in [-0.2, 0) is 12.8 Å². The second-order valence-electron chi connectivity index (χ2n) is 3.73. The second-order valence-corrected chi connectivity index (χ2v) is 3.73. The molecule has 1 N–H and O–H groups in total. The summed E-state index contributed by atoms with van der Waals surface area (Å²) in [5.41, 5.74) is 4.73. The molecule has 0 saturated carbocycles. The number of hydrogen-bond donors (Lipinski definition) is 1. The van der Waals surface area contributed by atoms with Crippen LogP contribution in [0.15, 0.2) is 24.4 Å². The van der Waals surface area contributed by atoms with E-state index in [4.69, 9.17) is 0 Å². The van der Waals surface area contributed by atoms with E-state index in [0.717, 1.165) is 24.2 Å². The van der Waals surface area contributed by atoms with Crippen molar-refractivity contribution in [3.05, 3.63) is 47.0 Å². The molecule has 0 atom stereocenters. The summed E-state index contributed by atoms with van der Waals surface area (Å²) in [6.45, 7) is 4.10. The van der Waals surface area contributed by atoms with Gasteiger partial charge in [-0.1, -0.05) is 6.07 Å². The van der Waals surface area contributed by atoms with E-state index in [1.165, 1.54) is 11.3 Å². The van der Waals surface area contributed by atoms with Crippen LogP contribution in [0.1, 0.15) is 22.6 Å². The molecule has 2 aromatic rings. The molecule has 0 saturated heterocycles. The molecule has 0 aliphatic heterocycles. The number of nitrogens with zero attached hydrogens (tertiary/aromatic N) is 2. The molecule has 15 heavy (non-hydrogen) atoms. The number of aromatic amines is 1. The molecule has 3 heteroatoms. The lowest BCUT2D eigenvalue weighted by Gasteiger charge is -2.00. The summed E-state index contributed by atoms with van der Waals surface area (Å²) >= 11 is 0. The lowest BCUT2D eigenvalue weighted by molar-refractivity contribution is 0.900. The predicted molar refractivity (Wildman–Crippen MR) is 59.7 cm³/mol. The van der Waals surface area contributed by atoms with Crippen molar-refractivity contribution in [3.8, 4) is 0 Å². The first-order valence-corrected chi connectivity index (χ1v) is 5.17. The minimum absolute atomic E-state index is 0.974. The van der Waals surface area contributed by atoms with E-state index in [9.17, 15) is 0 Å². The van der Waals surface area contributed by atoms with Crippen LogP contribution in [0.4, 0.5) is 0 Å². The van der Waals surface area contributed by atoms with Crippen molar-refractivity contribution in [2.75, 3.05) is 0 Å². The number of aromatic nitrogens is 3. The molecule has 0 amide bonds. The van der Waals surface area contributed by atoms with Gasteiger partial charge in [-0.05, 0) is 44.4 Å². The number of hydrogen-bond acceptors (Lipinski definition) is 2. The first kappa shape index (κ1) is 9.90. The van der Waals surface area contributed by atoms with Crippen LogP contribution in [0.5, 0.6) is 0 Å². The number of pyridine rings is 1. The molecular weight excluding hydrogens is 186 g/mol. The van der Waals surface area contributed by atoms with Gasteiger partial charge in [0.25, 0.3) is 0 Å². The zero-order valence-corrected chi connectivity index (χ0v) is 9.12. The van der Waals surface area contributed by atoms with Crippen LogP contribution in [0.2, 0.25) is 0 Å². The SMILES string of the molecule is Cc1n[nH]c(C)c1CCc1ccccn1. The maximum absolute atomic E-state index is 4.31. The Labute approximate surface area is 89.6 Å². The van der Waals surface area contributed by atoms with E-state index >= 15 is 0 Å². The number of rotatable bonds is 3. The average Bonchev–Trinajstić information content (AvgIpc) is 2.58. The monoisotopic (exact) mass is 201 g/mol. The highest BCUT2D eigenvalue weighted by molar-refractivity contribution is 5.24. The third-order valence-corrected chi connectivity index (χ3v) is 2.64. The van der Waals surface area contributed by atoms with E-state index in [1.54, 1.807) is 0 Å². The van der Waals surface area contributed by atoms with Crippen molar-refractivity contribution >= 4 is 0 Å². The molecule has 0 aromatic carbocycles. The maximum Gasteiger partial charge on any atom is 0.0626 e. The first-order valence-electron chi connectivity index (χ1n) is 5.17. The summed E-state index contributed by atoms with van der Waals surface area (Å²) in [5.74, 6) is 0. The largest absolute Gasteiger partial charge is 0.282 e. The molecule has 0 spiro atoms. The van der Waals surface area contributed by atoms with Gasteiger partial charge in [0.1, 0.15) is 0 Å². The van der Waals surface area contributed by atoms with Gasteiger partial charge in [0.2, 0.25) is 0 Å². The summed E-state index contributed by atoms with van der Waals surface area (Å²) in [6, 6.07) is 6.03. The fraction of sp³-hybridized carbons (Fsp3) is 0.333. The summed E-state index contributed by atoms with van der Waals surface area (Å²) in [7, 11) is 0. The molecule has 2 heterocycles. The van der Waals surface area contributed by atoms with Crippen LogP contribution in [0.3, 0.4) is 0 Å². The van der Waals surface area contributed by atoms with Gasteiger partial charge in [0.15, 0.2) is 0 Å². The zero-order valence-electron chi connectivity index (χ0n) is 9.12. The van der Waals surface area contributed by atoms with Gasteiger partial charge in [0, 0.05) is 17.6 Å². The fourth-order valence-corrected chi connectivity index (χ4v) is 1.74. The summed E-state index contributed by atoms with van der Waals surface area (Å²) in [6.07, 6.45) is 3.82. The molecule has 0 aliphatic carbocycles. The van der Waals surface area contributed by atoms with Crippen molar-refractivity contribution in [1.29, 1.82) is 0 Å². The Kier molecular flexibility index (Phi) is 2.81. The van der Waals surface area contributed by atoms with Crippen molar-refractivity contribution < 1.29 is 0 Å². The predicted octanol–water partition coefficient (Wildman–Crippen LogP) is 2.21. The van der Waals surface area contributed by atoms with Gasteiger partial charge in [-0.15, -0.1) is 0 Å². The third-order valence-electron chi connectivity index (χ3n) is 2.64. The standard InChI is InChI=1S/C12H15N3/c1-9-12(10(2)15-14-9)7-6-11-5-3-4-8-13-11/h3-5,8H,6-7H2,1-2H3,(H,14,15). The molecule has 0 radical (unpaired) electrons. The Morgan fingerprint density at radius 2 is 2.07 bits per heavy atom. The van der Waals surface area contributed by atoms with Gasteiger partial charge in [-0.25, -0.2) is 0 Å². The summed E-state index contributed by atoms with van der Waals surface area (Å²) < 4.78 is 0. The minimum Gasteiger partial charge on any atom is -0.282 e. The van der Waals surface area contributed by atoms with Crippen LogP contribution in [-0.4, -0.2) is 15.2 Å². The summed E-state index contributed by atoms with van der Waals surface area (Å²) in [4.78, 5) is 4.31. The van der Waals surface area contributed by atoms with E-state index in [-0.39, 0.29) is 0 Å². The lowest BCUT2D eigenvalue weighted by atomic mass is 10.1. The number of aryl methyl sites for hydroxylation is 3. The van der Waals surface area contributed by atoms with Crippen molar-refractivity contribution in [1.82, 2.24) is 15.2 Å². The lowest BCUT2D eigenvalue weighted by Crippen LogP contribution is -1.95. The quantitative estimate of drug-likeness (QED) is 0.827. The highest BCUT2D eigenvalue weighted by Gasteiger charge is 2.06. The van der Waals surface area contributed by atoms with Crippen molar-refractivity contribution in [3.63, 3.8) is 0 Å². The fourth-order valence-electron chi connectivity index (χ4n) is 1.74. The van der Waals surface area contributed by atoms with E-state index in [0.29, 0.717) is 0 Å². The number of H-pyrrole nitrogens is 1. The minimum atomic E-state index is 0.974. The van der Waals surface area contributed by atoms with Crippen LogP contribution in [0.25, 0.3) is 0 Å². The highest BCUT2D eigenvalue weighted by Crippen LogP contribution is 2.12. The summed E-state index contributed by atoms with van der Waals surface area (Å²) in [5, 5.41) is 7.19. The van der Waals surface area contributed by atoms with Gasteiger partial charge >= 0.3 is 0 Å². The Morgan fingerprint density at radius 3 is 2.67 bits per heavy atom. The third kappa shape index (κ3) is 2.24. The van der Waals surface area contributed by atoms with Crippen LogP contribution < -0.4 is 0 Å². The topological polar surface area (TPSA) is 41.6 Å². The molecule has 0 aliphatic rings. The van der Waals surface area contributed by atoms with Crippen molar-refractivity contribution in [2.24, 2.45) is 0 Å². The molecule has 0 bridgehead atoms.